The Bertz CT molecular complexity index is 814. The minimum absolute atomic E-state index is 0.0748. The van der Waals surface area contributed by atoms with Crippen molar-refractivity contribution in [1.29, 1.82) is 0 Å². The van der Waals surface area contributed by atoms with Crippen LogP contribution in [-0.4, -0.2) is 18.3 Å². The fraction of sp³-hybridized carbons (Fsp3) is 0.316. The lowest BCUT2D eigenvalue weighted by Crippen LogP contribution is -2.18. The molecule has 1 aliphatic rings. The minimum Gasteiger partial charge on any atom is -0.494 e. The van der Waals surface area contributed by atoms with Crippen LogP contribution in [0.1, 0.15) is 24.8 Å². The molecule has 0 radical (unpaired) electrons. The highest BCUT2D eigenvalue weighted by atomic mass is 35.5. The topological polar surface area (TPSA) is 38.3 Å². The maximum absolute atomic E-state index is 11.4. The largest absolute Gasteiger partial charge is 0.494 e. The first-order valence-corrected chi connectivity index (χ1v) is 10.5. The molecule has 0 unspecified atom stereocenters. The zero-order valence-corrected chi connectivity index (χ0v) is 17.1. The van der Waals surface area contributed by atoms with Gasteiger partial charge in [0.05, 0.1) is 21.7 Å². The summed E-state index contributed by atoms with van der Waals surface area (Å²) in [6.45, 7) is 0.654. The standard InChI is InChI=1S/C19H18Cl3NO2S/c20-14-10-16(22)18(11-15(14)21)26-8-2-1-7-25-13-4-5-17-12(9-13)3-6-19(24)23-17/h4-5,9-11H,1-3,6-8H2,(H,23,24). The Labute approximate surface area is 172 Å². The number of thioether (sulfide) groups is 1. The summed E-state index contributed by atoms with van der Waals surface area (Å²) in [4.78, 5) is 12.3. The van der Waals surface area contributed by atoms with Crippen molar-refractivity contribution in [3.63, 3.8) is 0 Å². The van der Waals surface area contributed by atoms with Gasteiger partial charge in [0.15, 0.2) is 0 Å². The number of fused-ring (bicyclic) bond motifs is 1. The van der Waals surface area contributed by atoms with Gasteiger partial charge in [0.1, 0.15) is 5.75 Å². The maximum atomic E-state index is 11.4. The summed E-state index contributed by atoms with van der Waals surface area (Å²) in [7, 11) is 0. The average Bonchev–Trinajstić information content (AvgIpc) is 2.62. The van der Waals surface area contributed by atoms with E-state index in [1.54, 1.807) is 23.9 Å². The quantitative estimate of drug-likeness (QED) is 0.310. The second-order valence-corrected chi connectivity index (χ2v) is 8.33. The van der Waals surface area contributed by atoms with Crippen LogP contribution in [0.3, 0.4) is 0 Å². The lowest BCUT2D eigenvalue weighted by atomic mass is 10.0. The zero-order valence-electron chi connectivity index (χ0n) is 14.0. The van der Waals surface area contributed by atoms with Gasteiger partial charge in [-0.1, -0.05) is 34.8 Å². The van der Waals surface area contributed by atoms with Crippen molar-refractivity contribution < 1.29 is 9.53 Å². The molecule has 0 fully saturated rings. The highest BCUT2D eigenvalue weighted by Crippen LogP contribution is 2.35. The predicted molar refractivity (Wildman–Crippen MR) is 110 cm³/mol. The molecule has 7 heteroatoms. The Kier molecular flexibility index (Phi) is 6.98. The Morgan fingerprint density at radius 2 is 1.81 bits per heavy atom. The second-order valence-electron chi connectivity index (χ2n) is 5.97. The number of anilines is 1. The third kappa shape index (κ3) is 5.23. The van der Waals surface area contributed by atoms with E-state index in [0.717, 1.165) is 46.9 Å². The third-order valence-corrected chi connectivity index (χ3v) is 6.30. The molecule has 138 valence electrons. The summed E-state index contributed by atoms with van der Waals surface area (Å²) >= 11 is 19.8. The molecule has 0 saturated carbocycles. The van der Waals surface area contributed by atoms with Crippen molar-refractivity contribution in [2.24, 2.45) is 0 Å². The van der Waals surface area contributed by atoms with E-state index in [0.29, 0.717) is 28.1 Å². The first-order chi connectivity index (χ1) is 12.5. The normalized spacial score (nSPS) is 13.3. The number of rotatable bonds is 7. The molecule has 0 spiro atoms. The van der Waals surface area contributed by atoms with E-state index in [-0.39, 0.29) is 5.91 Å². The van der Waals surface area contributed by atoms with Crippen molar-refractivity contribution in [2.75, 3.05) is 17.7 Å². The summed E-state index contributed by atoms with van der Waals surface area (Å²) < 4.78 is 5.82. The van der Waals surface area contributed by atoms with Crippen molar-refractivity contribution in [2.45, 2.75) is 30.6 Å². The lowest BCUT2D eigenvalue weighted by Gasteiger charge is -2.17. The van der Waals surface area contributed by atoms with Gasteiger partial charge >= 0.3 is 0 Å². The van der Waals surface area contributed by atoms with Crippen molar-refractivity contribution in [3.8, 4) is 5.75 Å². The molecule has 3 rings (SSSR count). The van der Waals surface area contributed by atoms with E-state index in [9.17, 15) is 4.79 Å². The Hall–Kier alpha value is -1.07. The van der Waals surface area contributed by atoms with Crippen LogP contribution in [-0.2, 0) is 11.2 Å². The Balaban J connectivity index is 1.40. The van der Waals surface area contributed by atoms with E-state index in [1.165, 1.54) is 0 Å². The molecule has 0 atom stereocenters. The number of carbonyl (C=O) groups is 1. The predicted octanol–water partition coefficient (Wildman–Crippen LogP) is 6.48. The number of amides is 1. The average molecular weight is 431 g/mol. The molecule has 0 aliphatic carbocycles. The summed E-state index contributed by atoms with van der Waals surface area (Å²) in [5, 5.41) is 4.49. The number of unbranched alkanes of at least 4 members (excludes halogenated alkanes) is 1. The van der Waals surface area contributed by atoms with Crippen molar-refractivity contribution in [1.82, 2.24) is 0 Å². The molecule has 1 aliphatic heterocycles. The maximum Gasteiger partial charge on any atom is 0.224 e. The number of benzene rings is 2. The van der Waals surface area contributed by atoms with Crippen LogP contribution in [0, 0.1) is 0 Å². The number of nitrogens with one attached hydrogen (secondary N) is 1. The highest BCUT2D eigenvalue weighted by molar-refractivity contribution is 7.99. The number of halogens is 3. The third-order valence-electron chi connectivity index (χ3n) is 4.01. The zero-order chi connectivity index (χ0) is 18.5. The van der Waals surface area contributed by atoms with E-state index in [2.05, 4.69) is 5.32 Å². The number of ether oxygens (including phenoxy) is 1. The molecule has 2 aromatic rings. The van der Waals surface area contributed by atoms with Crippen molar-refractivity contribution in [3.05, 3.63) is 51.0 Å². The smallest absolute Gasteiger partial charge is 0.224 e. The number of aryl methyl sites for hydroxylation is 1. The monoisotopic (exact) mass is 429 g/mol. The van der Waals surface area contributed by atoms with Crippen LogP contribution in [0.4, 0.5) is 5.69 Å². The summed E-state index contributed by atoms with van der Waals surface area (Å²) in [6, 6.07) is 9.30. The van der Waals surface area contributed by atoms with Gasteiger partial charge in [-0.05, 0) is 60.9 Å². The first kappa shape index (κ1) is 19.7. The van der Waals surface area contributed by atoms with Gasteiger partial charge in [-0.3, -0.25) is 4.79 Å². The van der Waals surface area contributed by atoms with Gasteiger partial charge in [0.2, 0.25) is 5.91 Å². The minimum atomic E-state index is 0.0748. The fourth-order valence-corrected chi connectivity index (χ4v) is 4.38. The van der Waals surface area contributed by atoms with Gasteiger partial charge in [-0.15, -0.1) is 11.8 Å². The van der Waals surface area contributed by atoms with Crippen LogP contribution in [0.25, 0.3) is 0 Å². The van der Waals surface area contributed by atoms with Gasteiger partial charge in [-0.2, -0.15) is 0 Å². The van der Waals surface area contributed by atoms with E-state index in [4.69, 9.17) is 39.5 Å². The number of hydrogen-bond donors (Lipinski definition) is 1. The first-order valence-electron chi connectivity index (χ1n) is 8.36. The SMILES string of the molecule is O=C1CCc2cc(OCCCCSc3cc(Cl)c(Cl)cc3Cl)ccc2N1. The molecular formula is C19H18Cl3NO2S. The van der Waals surface area contributed by atoms with E-state index < -0.39 is 0 Å². The van der Waals surface area contributed by atoms with Crippen LogP contribution in [0.15, 0.2) is 35.2 Å². The molecule has 1 heterocycles. The van der Waals surface area contributed by atoms with Crippen LogP contribution in [0.2, 0.25) is 15.1 Å². The molecule has 26 heavy (non-hydrogen) atoms. The Morgan fingerprint density at radius 3 is 2.65 bits per heavy atom. The molecule has 0 aromatic heterocycles. The molecule has 2 aromatic carbocycles. The lowest BCUT2D eigenvalue weighted by molar-refractivity contribution is -0.116. The van der Waals surface area contributed by atoms with Crippen LogP contribution in [0.5, 0.6) is 5.75 Å². The van der Waals surface area contributed by atoms with E-state index >= 15 is 0 Å². The van der Waals surface area contributed by atoms with Crippen molar-refractivity contribution >= 4 is 58.2 Å². The van der Waals surface area contributed by atoms with E-state index in [1.807, 2.05) is 18.2 Å². The highest BCUT2D eigenvalue weighted by Gasteiger charge is 2.15. The molecule has 1 N–H and O–H groups in total. The van der Waals surface area contributed by atoms with Crippen LogP contribution >= 0.6 is 46.6 Å². The Morgan fingerprint density at radius 1 is 1.00 bits per heavy atom. The van der Waals surface area contributed by atoms with Gasteiger partial charge in [0.25, 0.3) is 0 Å². The van der Waals surface area contributed by atoms with Gasteiger partial charge in [0, 0.05) is 17.0 Å². The molecule has 0 bridgehead atoms. The van der Waals surface area contributed by atoms with Crippen LogP contribution < -0.4 is 10.1 Å². The van der Waals surface area contributed by atoms with Gasteiger partial charge < -0.3 is 10.1 Å². The molecule has 3 nitrogen and oxygen atoms in total. The fourth-order valence-electron chi connectivity index (χ4n) is 2.64. The summed E-state index contributed by atoms with van der Waals surface area (Å²) in [5.41, 5.74) is 2.02. The number of hydrogen-bond acceptors (Lipinski definition) is 3. The van der Waals surface area contributed by atoms with Gasteiger partial charge in [-0.25, -0.2) is 0 Å². The summed E-state index contributed by atoms with van der Waals surface area (Å²) in [5.74, 6) is 1.85. The second kappa shape index (κ2) is 9.23. The summed E-state index contributed by atoms with van der Waals surface area (Å²) in [6.07, 6.45) is 3.24. The number of carbonyl (C=O) groups excluding carboxylic acids is 1. The molecule has 1 amide bonds. The molecular weight excluding hydrogens is 413 g/mol. The molecule has 0 saturated heterocycles.